The summed E-state index contributed by atoms with van der Waals surface area (Å²) in [5, 5.41) is 34.4. The zero-order chi connectivity index (χ0) is 20.5. The van der Waals surface area contributed by atoms with Crippen LogP contribution in [-0.4, -0.2) is 51.4 Å². The minimum Gasteiger partial charge on any atom is -0.512 e. The summed E-state index contributed by atoms with van der Waals surface area (Å²) in [6, 6.07) is 6.93. The molecule has 0 radical (unpaired) electrons. The van der Waals surface area contributed by atoms with Gasteiger partial charge in [-0.2, -0.15) is 0 Å². The van der Waals surface area contributed by atoms with Crippen molar-refractivity contribution < 1.29 is 56.2 Å². The number of para-hydroxylation sites is 1. The summed E-state index contributed by atoms with van der Waals surface area (Å²) in [4.78, 5) is 23.9. The van der Waals surface area contributed by atoms with Gasteiger partial charge < -0.3 is 20.4 Å². The van der Waals surface area contributed by atoms with Crippen molar-refractivity contribution in [2.24, 2.45) is 4.99 Å². The summed E-state index contributed by atoms with van der Waals surface area (Å²) in [5.74, 6) is 0.0826. The molecule has 0 saturated heterocycles. The molecule has 0 fully saturated rings. The third-order valence-corrected chi connectivity index (χ3v) is 2.22. The van der Waals surface area contributed by atoms with Crippen molar-refractivity contribution in [1.29, 1.82) is 0 Å². The predicted molar refractivity (Wildman–Crippen MR) is 102 cm³/mol. The van der Waals surface area contributed by atoms with E-state index in [0.29, 0.717) is 12.1 Å². The first kappa shape index (κ1) is 29.7. The van der Waals surface area contributed by atoms with Gasteiger partial charge in [0.2, 0.25) is 0 Å². The Balaban J connectivity index is -0.000000336. The van der Waals surface area contributed by atoms with Crippen LogP contribution in [0.5, 0.6) is 5.75 Å². The topological polar surface area (TPSA) is 127 Å². The van der Waals surface area contributed by atoms with E-state index in [2.05, 4.69) is 4.99 Å². The Hall–Kier alpha value is -2.05. The maximum Gasteiger partial charge on any atom is 0.155 e. The molecule has 7 nitrogen and oxygen atoms in total. The molecule has 0 saturated carbocycles. The zero-order valence-electron chi connectivity index (χ0n) is 16.0. The number of benzene rings is 1. The van der Waals surface area contributed by atoms with Crippen molar-refractivity contribution in [3.05, 3.63) is 53.5 Å². The van der Waals surface area contributed by atoms with Crippen LogP contribution in [0.4, 0.5) is 0 Å². The second-order valence-electron chi connectivity index (χ2n) is 5.11. The average Bonchev–Trinajstić information content (AvgIpc) is 2.48. The number of aromatic hydroxyl groups is 1. The van der Waals surface area contributed by atoms with Crippen LogP contribution in [0.1, 0.15) is 33.3 Å². The fourth-order valence-corrected chi connectivity index (χ4v) is 1.41. The molecule has 0 heterocycles. The van der Waals surface area contributed by atoms with E-state index >= 15 is 0 Å². The van der Waals surface area contributed by atoms with E-state index in [4.69, 9.17) is 15.3 Å². The molecule has 0 spiro atoms. The number of phenols is 1. The van der Waals surface area contributed by atoms with Crippen LogP contribution in [-0.2, 0) is 35.8 Å². The van der Waals surface area contributed by atoms with Crippen molar-refractivity contribution in [2.45, 2.75) is 27.7 Å². The van der Waals surface area contributed by atoms with Gasteiger partial charge in [-0.3, -0.25) is 14.6 Å². The van der Waals surface area contributed by atoms with Gasteiger partial charge in [0.15, 0.2) is 11.6 Å². The van der Waals surface area contributed by atoms with Crippen LogP contribution in [0.15, 0.2) is 52.9 Å². The number of aliphatic hydroxyl groups is 3. The Morgan fingerprint density at radius 3 is 1.70 bits per heavy atom. The van der Waals surface area contributed by atoms with Crippen LogP contribution in [0, 0.1) is 0 Å². The summed E-state index contributed by atoms with van der Waals surface area (Å²) in [7, 11) is 0. The van der Waals surface area contributed by atoms with Crippen LogP contribution in [0.25, 0.3) is 0 Å². The monoisotopic (exact) mass is 455 g/mol. The first-order chi connectivity index (χ1) is 12.1. The van der Waals surface area contributed by atoms with E-state index in [0.717, 1.165) is 0 Å². The molecule has 0 amide bonds. The second-order valence-corrected chi connectivity index (χ2v) is 5.11. The number of ketones is 2. The number of allylic oxidation sites excluding steroid dienone is 4. The number of hydrogen-bond donors (Lipinski definition) is 4. The Morgan fingerprint density at radius 2 is 1.41 bits per heavy atom. The molecule has 0 aliphatic heterocycles. The molecule has 8 heteroatoms. The average molecular weight is 457 g/mol. The fourth-order valence-electron chi connectivity index (χ4n) is 1.41. The van der Waals surface area contributed by atoms with E-state index in [-0.39, 0.29) is 61.6 Å². The Kier molecular flexibility index (Phi) is 20.6. The van der Waals surface area contributed by atoms with Gasteiger partial charge in [-0.25, -0.2) is 0 Å². The predicted octanol–water partition coefficient (Wildman–Crippen LogP) is 2.88. The van der Waals surface area contributed by atoms with Crippen molar-refractivity contribution in [3.63, 3.8) is 0 Å². The van der Waals surface area contributed by atoms with Crippen molar-refractivity contribution in [3.8, 4) is 5.75 Å². The molecule has 1 aromatic carbocycles. The van der Waals surface area contributed by atoms with Crippen LogP contribution in [0.2, 0.25) is 0 Å². The number of rotatable bonds is 5. The number of hydrogen-bond acceptors (Lipinski definition) is 7. The van der Waals surface area contributed by atoms with Crippen molar-refractivity contribution in [2.75, 3.05) is 13.2 Å². The molecule has 0 atom stereocenters. The SMILES string of the molecule is CC(=O)/C=C(/C)O.CC(=O)/C=C(/C)O.OCCN=Cc1ccccc1O.[Zr]. The quantitative estimate of drug-likeness (QED) is 0.306. The fraction of sp³-hybridized carbons (Fsp3) is 0.316. The maximum absolute atomic E-state index is 10.0. The minimum atomic E-state index is -0.125. The number of aliphatic hydroxyl groups excluding tert-OH is 3. The third-order valence-electron chi connectivity index (χ3n) is 2.22. The van der Waals surface area contributed by atoms with Gasteiger partial charge >= 0.3 is 0 Å². The summed E-state index contributed by atoms with van der Waals surface area (Å²) < 4.78 is 0. The molecular formula is C19H27NO6Zr. The Labute approximate surface area is 178 Å². The van der Waals surface area contributed by atoms with E-state index in [1.165, 1.54) is 39.8 Å². The van der Waals surface area contributed by atoms with E-state index in [1.54, 1.807) is 24.4 Å². The third kappa shape index (κ3) is 24.0. The normalized spacial score (nSPS) is 10.7. The number of aliphatic imine (C=N–C) groups is 1. The van der Waals surface area contributed by atoms with E-state index < -0.39 is 0 Å². The number of nitrogens with zero attached hydrogens (tertiary/aromatic N) is 1. The molecule has 1 aromatic rings. The summed E-state index contributed by atoms with van der Waals surface area (Å²) in [6.07, 6.45) is 3.88. The molecule has 0 bridgehead atoms. The minimum absolute atomic E-state index is 0. The van der Waals surface area contributed by atoms with Crippen molar-refractivity contribution >= 4 is 17.8 Å². The van der Waals surface area contributed by atoms with Gasteiger partial charge in [0.25, 0.3) is 0 Å². The summed E-state index contributed by atoms with van der Waals surface area (Å²) in [5.41, 5.74) is 0.672. The van der Waals surface area contributed by atoms with Gasteiger partial charge in [-0.05, 0) is 39.8 Å². The number of phenolic OH excluding ortho intramolecular Hbond substituents is 1. The van der Waals surface area contributed by atoms with Crippen LogP contribution < -0.4 is 0 Å². The molecule has 148 valence electrons. The van der Waals surface area contributed by atoms with Gasteiger partial charge in [0.05, 0.1) is 24.7 Å². The van der Waals surface area contributed by atoms with Gasteiger partial charge in [-0.1, -0.05) is 12.1 Å². The summed E-state index contributed by atoms with van der Waals surface area (Å²) >= 11 is 0. The van der Waals surface area contributed by atoms with Gasteiger partial charge in [0.1, 0.15) is 5.75 Å². The molecule has 4 N–H and O–H groups in total. The Morgan fingerprint density at radius 1 is 0.963 bits per heavy atom. The molecule has 0 aliphatic carbocycles. The van der Waals surface area contributed by atoms with E-state index in [9.17, 15) is 14.7 Å². The molecule has 0 unspecified atom stereocenters. The van der Waals surface area contributed by atoms with Crippen LogP contribution in [0.3, 0.4) is 0 Å². The molecule has 1 rings (SSSR count). The summed E-state index contributed by atoms with van der Waals surface area (Å²) in [6.45, 7) is 6.10. The maximum atomic E-state index is 10.0. The molecule has 27 heavy (non-hydrogen) atoms. The van der Waals surface area contributed by atoms with Crippen molar-refractivity contribution in [1.82, 2.24) is 0 Å². The first-order valence-corrected chi connectivity index (χ1v) is 7.74. The largest absolute Gasteiger partial charge is 0.512 e. The number of carbonyl (C=O) groups excluding carboxylic acids is 2. The van der Waals surface area contributed by atoms with E-state index in [1.807, 2.05) is 6.07 Å². The first-order valence-electron chi connectivity index (χ1n) is 7.74. The van der Waals surface area contributed by atoms with Gasteiger partial charge in [-0.15, -0.1) is 0 Å². The second kappa shape index (κ2) is 18.7. The number of carbonyl (C=O) groups is 2. The smallest absolute Gasteiger partial charge is 0.155 e. The van der Waals surface area contributed by atoms with Gasteiger partial charge in [0, 0.05) is 50.1 Å². The molecule has 0 aliphatic rings. The molecule has 0 aromatic heterocycles. The molecular weight excluding hydrogens is 429 g/mol. The standard InChI is InChI=1S/C9H11NO2.2C5H8O2.Zr/c11-6-5-10-7-8-3-1-2-4-9(8)12;2*1-4(6)3-5(2)7;/h1-4,7,11-12H,5-6H2;2*3,6H,1-2H3;/b;2*4-3-;. The van der Waals surface area contributed by atoms with Crippen LogP contribution >= 0.6 is 0 Å². The Bertz CT molecular complexity index is 617. The zero-order valence-corrected chi connectivity index (χ0v) is 18.5.